The molecule has 246 valence electrons. The monoisotopic (exact) mass is 664 g/mol. The topological polar surface area (TPSA) is 17.8 Å². The molecule has 2 aromatic heterocycles. The number of para-hydroxylation sites is 2. The van der Waals surface area contributed by atoms with Crippen molar-refractivity contribution in [3.05, 3.63) is 193 Å². The van der Waals surface area contributed by atoms with E-state index in [0.717, 1.165) is 0 Å². The van der Waals surface area contributed by atoms with Crippen LogP contribution in [-0.2, 0) is 5.41 Å². The number of hydrogen-bond acceptors (Lipinski definition) is 1. The highest BCUT2D eigenvalue weighted by Crippen LogP contribution is 2.50. The van der Waals surface area contributed by atoms with Crippen molar-refractivity contribution >= 4 is 21.8 Å². The molecule has 1 aliphatic rings. The van der Waals surface area contributed by atoms with Crippen LogP contribution >= 0.6 is 0 Å². The highest BCUT2D eigenvalue weighted by atomic mass is 15.0. The van der Waals surface area contributed by atoms with Gasteiger partial charge in [0.1, 0.15) is 0 Å². The maximum absolute atomic E-state index is 4.16. The summed E-state index contributed by atoms with van der Waals surface area (Å²) < 4.78 is 2.38. The van der Waals surface area contributed by atoms with Crippen molar-refractivity contribution in [3.63, 3.8) is 0 Å². The van der Waals surface area contributed by atoms with E-state index >= 15 is 0 Å². The Kier molecular flexibility index (Phi) is 6.87. The second-order valence-electron chi connectivity index (χ2n) is 14.5. The molecule has 7 aromatic carbocycles. The number of pyridine rings is 1. The molecule has 0 saturated carbocycles. The van der Waals surface area contributed by atoms with Crippen LogP contribution in [0.2, 0.25) is 0 Å². The number of rotatable bonds is 5. The molecule has 10 rings (SSSR count). The third-order valence-corrected chi connectivity index (χ3v) is 11.1. The summed E-state index contributed by atoms with van der Waals surface area (Å²) >= 11 is 0. The Labute approximate surface area is 304 Å². The molecule has 0 aliphatic heterocycles. The van der Waals surface area contributed by atoms with Crippen LogP contribution in [0.4, 0.5) is 0 Å². The molecule has 1 aliphatic carbocycles. The third kappa shape index (κ3) is 4.83. The zero-order chi connectivity index (χ0) is 34.8. The first-order chi connectivity index (χ1) is 25.5. The van der Waals surface area contributed by atoms with Crippen molar-refractivity contribution in [2.75, 3.05) is 0 Å². The lowest BCUT2D eigenvalue weighted by Gasteiger charge is -2.22. The zero-order valence-electron chi connectivity index (χ0n) is 29.2. The van der Waals surface area contributed by atoms with Crippen LogP contribution in [-0.4, -0.2) is 9.55 Å². The van der Waals surface area contributed by atoms with Gasteiger partial charge in [-0.2, -0.15) is 0 Å². The smallest absolute Gasteiger partial charge is 0.0541 e. The largest absolute Gasteiger partial charge is 0.309 e. The molecule has 0 atom stereocenters. The van der Waals surface area contributed by atoms with Gasteiger partial charge < -0.3 is 4.57 Å². The van der Waals surface area contributed by atoms with Gasteiger partial charge in [-0.05, 0) is 115 Å². The van der Waals surface area contributed by atoms with Gasteiger partial charge in [-0.3, -0.25) is 4.98 Å². The van der Waals surface area contributed by atoms with Crippen LogP contribution in [0.25, 0.3) is 83.1 Å². The molecule has 0 N–H and O–H groups in total. The minimum atomic E-state index is -0.0819. The number of aromatic nitrogens is 2. The average Bonchev–Trinajstić information content (AvgIpc) is 3.66. The predicted octanol–water partition coefficient (Wildman–Crippen LogP) is 13.2. The fourth-order valence-electron chi connectivity index (χ4n) is 8.39. The van der Waals surface area contributed by atoms with E-state index in [1.54, 1.807) is 0 Å². The van der Waals surface area contributed by atoms with Gasteiger partial charge in [0.15, 0.2) is 0 Å². The van der Waals surface area contributed by atoms with Gasteiger partial charge in [0.05, 0.1) is 11.0 Å². The maximum Gasteiger partial charge on any atom is 0.0541 e. The van der Waals surface area contributed by atoms with Gasteiger partial charge in [-0.1, -0.05) is 135 Å². The third-order valence-electron chi connectivity index (χ3n) is 11.1. The van der Waals surface area contributed by atoms with E-state index in [0.29, 0.717) is 0 Å². The Hall–Kier alpha value is -6.51. The number of nitrogens with zero attached hydrogens (tertiary/aromatic N) is 2. The molecule has 0 radical (unpaired) electrons. The van der Waals surface area contributed by atoms with Crippen molar-refractivity contribution in [2.24, 2.45) is 0 Å². The summed E-state index contributed by atoms with van der Waals surface area (Å²) in [7, 11) is 0. The fraction of sp³-hybridized carbons (Fsp3) is 0.0600. The molecule has 0 bridgehead atoms. The van der Waals surface area contributed by atoms with Crippen LogP contribution in [0.1, 0.15) is 25.0 Å². The van der Waals surface area contributed by atoms with Crippen LogP contribution < -0.4 is 0 Å². The first kappa shape index (κ1) is 30.3. The first-order valence-corrected chi connectivity index (χ1v) is 18.0. The number of fused-ring (bicyclic) bond motifs is 6. The number of hydrogen-bond donors (Lipinski definition) is 0. The SMILES string of the molecule is CC1(C)c2ccc(-c3ccc(-c4cccc(-n5c6ccccc6c6ccccc65)c4)cc3)cc2-c2ccc(-c3ccc(-c4ccncc4)cc3)cc21. The Bertz CT molecular complexity index is 2730. The normalized spacial score (nSPS) is 13.0. The van der Waals surface area contributed by atoms with Crippen molar-refractivity contribution < 1.29 is 0 Å². The van der Waals surface area contributed by atoms with E-state index in [9.17, 15) is 0 Å². The molecule has 2 heteroatoms. The Morgan fingerprint density at radius 2 is 0.885 bits per heavy atom. The summed E-state index contributed by atoms with van der Waals surface area (Å²) in [6.07, 6.45) is 3.69. The van der Waals surface area contributed by atoms with Crippen LogP contribution in [0.15, 0.2) is 182 Å². The number of benzene rings is 7. The van der Waals surface area contributed by atoms with Crippen molar-refractivity contribution in [1.29, 1.82) is 0 Å². The van der Waals surface area contributed by atoms with E-state index in [2.05, 4.69) is 193 Å². The Morgan fingerprint density at radius 3 is 1.52 bits per heavy atom. The van der Waals surface area contributed by atoms with Crippen molar-refractivity contribution in [2.45, 2.75) is 19.3 Å². The van der Waals surface area contributed by atoms with E-state index in [4.69, 9.17) is 0 Å². The van der Waals surface area contributed by atoms with Gasteiger partial charge in [0, 0.05) is 34.3 Å². The lowest BCUT2D eigenvalue weighted by Crippen LogP contribution is -2.15. The second kappa shape index (κ2) is 11.8. The van der Waals surface area contributed by atoms with Gasteiger partial charge in [0.25, 0.3) is 0 Å². The lowest BCUT2D eigenvalue weighted by atomic mass is 9.81. The zero-order valence-corrected chi connectivity index (χ0v) is 29.2. The molecule has 0 spiro atoms. The molecule has 52 heavy (non-hydrogen) atoms. The van der Waals surface area contributed by atoms with E-state index < -0.39 is 0 Å². The van der Waals surface area contributed by atoms with Crippen molar-refractivity contribution in [1.82, 2.24) is 9.55 Å². The molecule has 0 fully saturated rings. The van der Waals surface area contributed by atoms with Crippen LogP contribution in [0.3, 0.4) is 0 Å². The van der Waals surface area contributed by atoms with Gasteiger partial charge in [-0.15, -0.1) is 0 Å². The summed E-state index contributed by atoms with van der Waals surface area (Å²) in [6, 6.07) is 62.4. The molecule has 9 aromatic rings. The molecule has 0 saturated heterocycles. The van der Waals surface area contributed by atoms with Crippen molar-refractivity contribution in [3.8, 4) is 61.3 Å². The van der Waals surface area contributed by atoms with Crippen LogP contribution in [0.5, 0.6) is 0 Å². The van der Waals surface area contributed by atoms with E-state index in [1.807, 2.05) is 12.4 Å². The minimum Gasteiger partial charge on any atom is -0.309 e. The molecule has 0 amide bonds. The molecular weight excluding hydrogens is 629 g/mol. The van der Waals surface area contributed by atoms with Gasteiger partial charge >= 0.3 is 0 Å². The minimum absolute atomic E-state index is 0.0819. The summed E-state index contributed by atoms with van der Waals surface area (Å²) in [5.41, 5.74) is 18.7. The standard InChI is InChI=1S/C50H36N2/c1-50(2)46-25-23-39(31-45(46)42-24-22-40(32-47(42)50)36-16-14-33(15-17-36)37-26-28-51-29-27-37)35-20-18-34(19-21-35)38-8-7-9-41(30-38)52-48-12-5-3-10-43(48)44-11-4-6-13-49(44)52/h3-32H,1-2H3. The highest BCUT2D eigenvalue weighted by Gasteiger charge is 2.35. The first-order valence-electron chi connectivity index (χ1n) is 18.0. The average molecular weight is 665 g/mol. The molecule has 2 heterocycles. The van der Waals surface area contributed by atoms with Gasteiger partial charge in [0.2, 0.25) is 0 Å². The summed E-state index contributed by atoms with van der Waals surface area (Å²) in [4.78, 5) is 4.16. The fourth-order valence-corrected chi connectivity index (χ4v) is 8.39. The maximum atomic E-state index is 4.16. The molecular formula is C50H36N2. The Balaban J connectivity index is 0.957. The summed E-state index contributed by atoms with van der Waals surface area (Å²) in [6.45, 7) is 4.71. The molecule has 2 nitrogen and oxygen atoms in total. The molecule has 0 unspecified atom stereocenters. The quantitative estimate of drug-likeness (QED) is 0.179. The Morgan fingerprint density at radius 1 is 0.385 bits per heavy atom. The summed E-state index contributed by atoms with van der Waals surface area (Å²) in [5, 5.41) is 2.56. The lowest BCUT2D eigenvalue weighted by molar-refractivity contribution is 0.660. The van der Waals surface area contributed by atoms with Gasteiger partial charge in [-0.25, -0.2) is 0 Å². The van der Waals surface area contributed by atoms with E-state index in [-0.39, 0.29) is 5.41 Å². The van der Waals surface area contributed by atoms with Crippen LogP contribution in [0, 0.1) is 0 Å². The highest BCUT2D eigenvalue weighted by molar-refractivity contribution is 6.09. The second-order valence-corrected chi connectivity index (χ2v) is 14.5. The van der Waals surface area contributed by atoms with E-state index in [1.165, 1.54) is 94.3 Å². The summed E-state index contributed by atoms with van der Waals surface area (Å²) in [5.74, 6) is 0. The predicted molar refractivity (Wildman–Crippen MR) is 218 cm³/mol.